The van der Waals surface area contributed by atoms with Gasteiger partial charge in [-0.25, -0.2) is 4.39 Å². The van der Waals surface area contributed by atoms with Crippen LogP contribution in [0.1, 0.15) is 12.8 Å². The quantitative estimate of drug-likeness (QED) is 0.763. The van der Waals surface area contributed by atoms with Crippen LogP contribution < -0.4 is 9.64 Å². The summed E-state index contributed by atoms with van der Waals surface area (Å²) in [5, 5.41) is 0. The summed E-state index contributed by atoms with van der Waals surface area (Å²) >= 11 is 0. The second kappa shape index (κ2) is 4.57. The normalized spacial score (nSPS) is 22.5. The number of rotatable bonds is 1. The highest BCUT2D eigenvalue weighted by molar-refractivity contribution is 5.98. The van der Waals surface area contributed by atoms with Crippen LogP contribution >= 0.6 is 0 Å². The largest absolute Gasteiger partial charge is 0.489 e. The average Bonchev–Trinajstić information content (AvgIpc) is 2.90. The summed E-state index contributed by atoms with van der Waals surface area (Å²) in [5.74, 6) is 0.0106. The molecule has 4 nitrogen and oxygen atoms in total. The molecule has 1 aromatic carbocycles. The Bertz CT molecular complexity index is 471. The molecule has 1 saturated heterocycles. The zero-order valence-corrected chi connectivity index (χ0v) is 9.89. The fourth-order valence-corrected chi connectivity index (χ4v) is 2.37. The first-order valence-electron chi connectivity index (χ1n) is 6.11. The van der Waals surface area contributed by atoms with Gasteiger partial charge in [-0.15, -0.1) is 0 Å². The standard InChI is InChI=1S/C13H14FNO3/c14-9-3-4-10-12(8-9)18-7-5-15(10)13(16)11-2-1-6-17-11/h3-4,8,11H,1-2,5-7H2/t11-/m1/s1. The Morgan fingerprint density at radius 3 is 3.06 bits per heavy atom. The lowest BCUT2D eigenvalue weighted by Crippen LogP contribution is -2.43. The van der Waals surface area contributed by atoms with Crippen molar-refractivity contribution in [3.8, 4) is 5.75 Å². The molecule has 2 aliphatic rings. The van der Waals surface area contributed by atoms with Crippen LogP contribution in [0.25, 0.3) is 0 Å². The van der Waals surface area contributed by atoms with Crippen molar-refractivity contribution in [1.82, 2.24) is 0 Å². The lowest BCUT2D eigenvalue weighted by atomic mass is 10.1. The molecule has 0 aliphatic carbocycles. The Hall–Kier alpha value is -1.62. The Morgan fingerprint density at radius 2 is 2.28 bits per heavy atom. The van der Waals surface area contributed by atoms with Gasteiger partial charge in [-0.2, -0.15) is 0 Å². The van der Waals surface area contributed by atoms with Crippen LogP contribution in [-0.4, -0.2) is 31.8 Å². The summed E-state index contributed by atoms with van der Waals surface area (Å²) in [7, 11) is 0. The van der Waals surface area contributed by atoms with Gasteiger partial charge in [0.2, 0.25) is 0 Å². The number of nitrogens with zero attached hydrogens (tertiary/aromatic N) is 1. The van der Waals surface area contributed by atoms with Crippen molar-refractivity contribution in [1.29, 1.82) is 0 Å². The molecule has 5 heteroatoms. The molecule has 1 atom stereocenters. The predicted molar refractivity (Wildman–Crippen MR) is 63.2 cm³/mol. The lowest BCUT2D eigenvalue weighted by Gasteiger charge is -2.31. The number of benzene rings is 1. The summed E-state index contributed by atoms with van der Waals surface area (Å²) in [6.45, 7) is 1.50. The Labute approximate surface area is 104 Å². The van der Waals surface area contributed by atoms with Crippen molar-refractivity contribution in [3.05, 3.63) is 24.0 Å². The molecule has 0 bridgehead atoms. The Balaban J connectivity index is 1.88. The van der Waals surface area contributed by atoms with Crippen molar-refractivity contribution in [3.63, 3.8) is 0 Å². The van der Waals surface area contributed by atoms with Gasteiger partial charge in [-0.05, 0) is 25.0 Å². The fourth-order valence-electron chi connectivity index (χ4n) is 2.37. The minimum atomic E-state index is -0.361. The van der Waals surface area contributed by atoms with Crippen LogP contribution in [0.2, 0.25) is 0 Å². The summed E-state index contributed by atoms with van der Waals surface area (Å²) in [6, 6.07) is 4.23. The SMILES string of the molecule is O=C([C@H]1CCCO1)N1CCOc2cc(F)ccc21. The zero-order chi connectivity index (χ0) is 12.5. The molecule has 1 fully saturated rings. The molecule has 2 aliphatic heterocycles. The molecule has 1 amide bonds. The van der Waals surface area contributed by atoms with Crippen LogP contribution in [-0.2, 0) is 9.53 Å². The van der Waals surface area contributed by atoms with E-state index in [0.717, 1.165) is 12.8 Å². The number of fused-ring (bicyclic) bond motifs is 1. The van der Waals surface area contributed by atoms with Gasteiger partial charge in [0.25, 0.3) is 5.91 Å². The van der Waals surface area contributed by atoms with Gasteiger partial charge in [0.15, 0.2) is 0 Å². The summed E-state index contributed by atoms with van der Waals surface area (Å²) in [4.78, 5) is 13.9. The molecule has 96 valence electrons. The monoisotopic (exact) mass is 251 g/mol. The molecule has 0 aromatic heterocycles. The number of hydrogen-bond acceptors (Lipinski definition) is 3. The van der Waals surface area contributed by atoms with Crippen LogP contribution in [0, 0.1) is 5.82 Å². The van der Waals surface area contributed by atoms with E-state index < -0.39 is 0 Å². The van der Waals surface area contributed by atoms with Crippen molar-refractivity contribution >= 4 is 11.6 Å². The molecule has 1 aromatic rings. The second-order valence-corrected chi connectivity index (χ2v) is 4.45. The third-order valence-electron chi connectivity index (χ3n) is 3.26. The first-order valence-corrected chi connectivity index (χ1v) is 6.11. The van der Waals surface area contributed by atoms with E-state index in [4.69, 9.17) is 9.47 Å². The van der Waals surface area contributed by atoms with Gasteiger partial charge < -0.3 is 14.4 Å². The Morgan fingerprint density at radius 1 is 1.39 bits per heavy atom. The van der Waals surface area contributed by atoms with Gasteiger partial charge >= 0.3 is 0 Å². The highest BCUT2D eigenvalue weighted by atomic mass is 19.1. The van der Waals surface area contributed by atoms with Crippen molar-refractivity contribution in [2.24, 2.45) is 0 Å². The summed E-state index contributed by atoms with van der Waals surface area (Å²) in [6.07, 6.45) is 1.31. The molecule has 0 unspecified atom stereocenters. The number of carbonyl (C=O) groups excluding carboxylic acids is 1. The third kappa shape index (κ3) is 1.95. The molecule has 3 rings (SSSR count). The van der Waals surface area contributed by atoms with E-state index in [1.165, 1.54) is 12.1 Å². The predicted octanol–water partition coefficient (Wildman–Crippen LogP) is 1.73. The van der Waals surface area contributed by atoms with Gasteiger partial charge in [0.1, 0.15) is 24.3 Å². The van der Waals surface area contributed by atoms with Crippen LogP contribution in [0.3, 0.4) is 0 Å². The van der Waals surface area contributed by atoms with E-state index in [9.17, 15) is 9.18 Å². The van der Waals surface area contributed by atoms with Crippen molar-refractivity contribution in [2.75, 3.05) is 24.7 Å². The van der Waals surface area contributed by atoms with Crippen LogP contribution in [0.5, 0.6) is 5.75 Å². The number of anilines is 1. The maximum Gasteiger partial charge on any atom is 0.256 e. The molecule has 0 saturated carbocycles. The van der Waals surface area contributed by atoms with E-state index in [1.54, 1.807) is 11.0 Å². The summed E-state index contributed by atoms with van der Waals surface area (Å²) in [5.41, 5.74) is 0.628. The number of ether oxygens (including phenoxy) is 2. The van der Waals surface area contributed by atoms with Gasteiger partial charge in [0, 0.05) is 12.7 Å². The van der Waals surface area contributed by atoms with Gasteiger partial charge in [-0.3, -0.25) is 4.79 Å². The fraction of sp³-hybridized carbons (Fsp3) is 0.462. The second-order valence-electron chi connectivity index (χ2n) is 4.45. The number of halogens is 1. The minimum absolute atomic E-state index is 0.0522. The van der Waals surface area contributed by atoms with Crippen LogP contribution in [0.15, 0.2) is 18.2 Å². The molecular formula is C13H14FNO3. The maximum absolute atomic E-state index is 13.1. The first kappa shape index (κ1) is 11.5. The van der Waals surface area contributed by atoms with E-state index in [0.29, 0.717) is 31.2 Å². The molecule has 0 N–H and O–H groups in total. The Kier molecular flexibility index (Phi) is 2.91. The highest BCUT2D eigenvalue weighted by Gasteiger charge is 2.32. The van der Waals surface area contributed by atoms with Gasteiger partial charge in [0.05, 0.1) is 12.2 Å². The van der Waals surface area contributed by atoms with E-state index >= 15 is 0 Å². The number of amides is 1. The number of hydrogen-bond donors (Lipinski definition) is 0. The highest BCUT2D eigenvalue weighted by Crippen LogP contribution is 2.33. The molecule has 18 heavy (non-hydrogen) atoms. The topological polar surface area (TPSA) is 38.8 Å². The van der Waals surface area contributed by atoms with Crippen molar-refractivity contribution in [2.45, 2.75) is 18.9 Å². The molecule has 2 heterocycles. The smallest absolute Gasteiger partial charge is 0.256 e. The minimum Gasteiger partial charge on any atom is -0.489 e. The first-order chi connectivity index (χ1) is 8.75. The van der Waals surface area contributed by atoms with Crippen LogP contribution in [0.4, 0.5) is 10.1 Å². The maximum atomic E-state index is 13.1. The van der Waals surface area contributed by atoms with E-state index in [1.807, 2.05) is 0 Å². The number of carbonyl (C=O) groups is 1. The third-order valence-corrected chi connectivity index (χ3v) is 3.26. The van der Waals surface area contributed by atoms with Crippen molar-refractivity contribution < 1.29 is 18.7 Å². The molecule has 0 radical (unpaired) electrons. The summed E-state index contributed by atoms with van der Waals surface area (Å²) < 4.78 is 23.9. The van der Waals surface area contributed by atoms with E-state index in [2.05, 4.69) is 0 Å². The molecular weight excluding hydrogens is 237 g/mol. The molecule has 0 spiro atoms. The average molecular weight is 251 g/mol. The van der Waals surface area contributed by atoms with E-state index in [-0.39, 0.29) is 17.8 Å². The lowest BCUT2D eigenvalue weighted by molar-refractivity contribution is -0.127. The van der Waals surface area contributed by atoms with Gasteiger partial charge in [-0.1, -0.05) is 0 Å². The zero-order valence-electron chi connectivity index (χ0n) is 9.89.